The molecule has 3 unspecified atom stereocenters. The molecule has 18 heavy (non-hydrogen) atoms. The highest BCUT2D eigenvalue weighted by molar-refractivity contribution is 5.78. The number of methoxy groups -OCH3 is 1. The van der Waals surface area contributed by atoms with E-state index < -0.39 is 0 Å². The summed E-state index contributed by atoms with van der Waals surface area (Å²) in [4.78, 5) is 14.0. The molecule has 1 aliphatic rings. The van der Waals surface area contributed by atoms with E-state index in [1.54, 1.807) is 7.11 Å². The minimum atomic E-state index is 0.0960. The van der Waals surface area contributed by atoms with Gasteiger partial charge < -0.3 is 15.8 Å². The summed E-state index contributed by atoms with van der Waals surface area (Å²) in [5.74, 6) is 0.0960. The maximum atomic E-state index is 11.9. The van der Waals surface area contributed by atoms with E-state index in [1.807, 2.05) is 6.92 Å². The molecule has 1 heterocycles. The van der Waals surface area contributed by atoms with Crippen LogP contribution in [0.4, 0.5) is 0 Å². The topological polar surface area (TPSA) is 67.6 Å². The van der Waals surface area contributed by atoms with Gasteiger partial charge in [-0.2, -0.15) is 0 Å². The Labute approximate surface area is 110 Å². The fourth-order valence-corrected chi connectivity index (χ4v) is 2.34. The number of hydrogen-bond donors (Lipinski definition) is 2. The van der Waals surface area contributed by atoms with Gasteiger partial charge >= 0.3 is 0 Å². The molecule has 0 aromatic carbocycles. The SMILES string of the molecule is CCC(C)NC(=O)CN1CCC(OC)CC1CN. The van der Waals surface area contributed by atoms with E-state index in [1.165, 1.54) is 0 Å². The normalized spacial score (nSPS) is 26.9. The Morgan fingerprint density at radius 2 is 2.33 bits per heavy atom. The molecule has 1 amide bonds. The number of piperidine rings is 1. The molecule has 1 rings (SSSR count). The maximum Gasteiger partial charge on any atom is 0.234 e. The van der Waals surface area contributed by atoms with E-state index in [2.05, 4.69) is 17.1 Å². The van der Waals surface area contributed by atoms with Gasteiger partial charge in [0.15, 0.2) is 0 Å². The average Bonchev–Trinajstić information content (AvgIpc) is 2.38. The van der Waals surface area contributed by atoms with E-state index in [9.17, 15) is 4.79 Å². The summed E-state index contributed by atoms with van der Waals surface area (Å²) in [7, 11) is 1.74. The lowest BCUT2D eigenvalue weighted by atomic mass is 9.99. The van der Waals surface area contributed by atoms with Gasteiger partial charge in [-0.1, -0.05) is 6.92 Å². The van der Waals surface area contributed by atoms with Crippen LogP contribution in [-0.2, 0) is 9.53 Å². The van der Waals surface area contributed by atoms with Crippen LogP contribution in [0, 0.1) is 0 Å². The number of likely N-dealkylation sites (tertiary alicyclic amines) is 1. The first-order valence-electron chi connectivity index (χ1n) is 6.86. The number of nitrogens with two attached hydrogens (primary N) is 1. The zero-order chi connectivity index (χ0) is 13.5. The molecule has 0 radical (unpaired) electrons. The Bertz CT molecular complexity index is 261. The molecular formula is C13H27N3O2. The standard InChI is InChI=1S/C13H27N3O2/c1-4-10(2)15-13(17)9-16-6-5-12(18-3)7-11(16)8-14/h10-12H,4-9,14H2,1-3H3,(H,15,17). The molecule has 5 heteroatoms. The van der Waals surface area contributed by atoms with Crippen LogP contribution in [-0.4, -0.2) is 55.7 Å². The van der Waals surface area contributed by atoms with Crippen molar-refractivity contribution >= 4 is 5.91 Å². The molecule has 1 saturated heterocycles. The van der Waals surface area contributed by atoms with Crippen molar-refractivity contribution in [1.82, 2.24) is 10.2 Å². The van der Waals surface area contributed by atoms with Crippen molar-refractivity contribution in [2.75, 3.05) is 26.7 Å². The first kappa shape index (κ1) is 15.4. The van der Waals surface area contributed by atoms with Crippen LogP contribution >= 0.6 is 0 Å². The Hall–Kier alpha value is -0.650. The highest BCUT2D eigenvalue weighted by Crippen LogP contribution is 2.18. The van der Waals surface area contributed by atoms with E-state index in [0.29, 0.717) is 13.1 Å². The summed E-state index contributed by atoms with van der Waals surface area (Å²) < 4.78 is 5.38. The van der Waals surface area contributed by atoms with Crippen molar-refractivity contribution in [2.24, 2.45) is 5.73 Å². The number of ether oxygens (including phenoxy) is 1. The van der Waals surface area contributed by atoms with E-state index in [-0.39, 0.29) is 24.1 Å². The molecule has 1 aliphatic heterocycles. The third-order valence-corrected chi connectivity index (χ3v) is 3.76. The minimum absolute atomic E-state index is 0.0960. The molecule has 0 aromatic rings. The van der Waals surface area contributed by atoms with Crippen LogP contribution in [0.15, 0.2) is 0 Å². The fourth-order valence-electron chi connectivity index (χ4n) is 2.34. The largest absolute Gasteiger partial charge is 0.381 e. The van der Waals surface area contributed by atoms with Crippen molar-refractivity contribution in [3.63, 3.8) is 0 Å². The number of carbonyl (C=O) groups is 1. The highest BCUT2D eigenvalue weighted by atomic mass is 16.5. The average molecular weight is 257 g/mol. The van der Waals surface area contributed by atoms with Gasteiger partial charge in [-0.25, -0.2) is 0 Å². The van der Waals surface area contributed by atoms with Crippen molar-refractivity contribution in [1.29, 1.82) is 0 Å². The van der Waals surface area contributed by atoms with Crippen molar-refractivity contribution in [3.8, 4) is 0 Å². The molecule has 0 spiro atoms. The van der Waals surface area contributed by atoms with Crippen LogP contribution in [0.3, 0.4) is 0 Å². The second kappa shape index (κ2) is 7.71. The molecule has 106 valence electrons. The molecule has 0 saturated carbocycles. The maximum absolute atomic E-state index is 11.9. The summed E-state index contributed by atoms with van der Waals surface area (Å²) in [6, 6.07) is 0.497. The van der Waals surface area contributed by atoms with Crippen LogP contribution in [0.5, 0.6) is 0 Å². The van der Waals surface area contributed by atoms with Gasteiger partial charge in [0.2, 0.25) is 5.91 Å². The molecule has 3 N–H and O–H groups in total. The van der Waals surface area contributed by atoms with Gasteiger partial charge in [-0.05, 0) is 26.2 Å². The Balaban J connectivity index is 2.43. The number of amides is 1. The zero-order valence-corrected chi connectivity index (χ0v) is 11.8. The lowest BCUT2D eigenvalue weighted by molar-refractivity contribution is -0.124. The summed E-state index contributed by atoms with van der Waals surface area (Å²) in [5, 5.41) is 2.99. The van der Waals surface area contributed by atoms with Gasteiger partial charge in [-0.15, -0.1) is 0 Å². The number of rotatable bonds is 6. The Kier molecular flexibility index (Phi) is 6.60. The van der Waals surface area contributed by atoms with Crippen LogP contribution in [0.25, 0.3) is 0 Å². The monoisotopic (exact) mass is 257 g/mol. The quantitative estimate of drug-likeness (QED) is 0.720. The van der Waals surface area contributed by atoms with Crippen molar-refractivity contribution in [3.05, 3.63) is 0 Å². The molecule has 0 aliphatic carbocycles. The fraction of sp³-hybridized carbons (Fsp3) is 0.923. The molecule has 0 aromatic heterocycles. The first-order chi connectivity index (χ1) is 8.60. The minimum Gasteiger partial charge on any atom is -0.381 e. The predicted molar refractivity (Wildman–Crippen MR) is 72.3 cm³/mol. The van der Waals surface area contributed by atoms with E-state index in [0.717, 1.165) is 25.8 Å². The van der Waals surface area contributed by atoms with E-state index in [4.69, 9.17) is 10.5 Å². The molecule has 5 nitrogen and oxygen atoms in total. The molecular weight excluding hydrogens is 230 g/mol. The summed E-state index contributed by atoms with van der Waals surface area (Å²) in [5.41, 5.74) is 5.78. The zero-order valence-electron chi connectivity index (χ0n) is 11.8. The second-order valence-corrected chi connectivity index (χ2v) is 5.12. The third-order valence-electron chi connectivity index (χ3n) is 3.76. The second-order valence-electron chi connectivity index (χ2n) is 5.12. The van der Waals surface area contributed by atoms with Gasteiger partial charge in [0, 0.05) is 32.3 Å². The number of nitrogens with zero attached hydrogens (tertiary/aromatic N) is 1. The first-order valence-corrected chi connectivity index (χ1v) is 6.86. The molecule has 1 fully saturated rings. The lowest BCUT2D eigenvalue weighted by Gasteiger charge is -2.38. The molecule has 0 bridgehead atoms. The van der Waals surface area contributed by atoms with E-state index >= 15 is 0 Å². The van der Waals surface area contributed by atoms with Crippen molar-refractivity contribution < 1.29 is 9.53 Å². The smallest absolute Gasteiger partial charge is 0.234 e. The van der Waals surface area contributed by atoms with Crippen LogP contribution in [0.1, 0.15) is 33.1 Å². The number of carbonyl (C=O) groups excluding carboxylic acids is 1. The van der Waals surface area contributed by atoms with Gasteiger partial charge in [0.05, 0.1) is 12.6 Å². The number of nitrogens with one attached hydrogen (secondary N) is 1. The Morgan fingerprint density at radius 1 is 1.61 bits per heavy atom. The van der Waals surface area contributed by atoms with Crippen molar-refractivity contribution in [2.45, 2.75) is 51.3 Å². The lowest BCUT2D eigenvalue weighted by Crippen LogP contribution is -2.52. The van der Waals surface area contributed by atoms with Crippen LogP contribution < -0.4 is 11.1 Å². The predicted octanol–water partition coefficient (Wildman–Crippen LogP) is 0.339. The third kappa shape index (κ3) is 4.55. The molecule has 3 atom stereocenters. The Morgan fingerprint density at radius 3 is 2.89 bits per heavy atom. The summed E-state index contributed by atoms with van der Waals surface area (Å²) in [6.07, 6.45) is 3.14. The highest BCUT2D eigenvalue weighted by Gasteiger charge is 2.28. The van der Waals surface area contributed by atoms with Gasteiger partial charge in [0.25, 0.3) is 0 Å². The van der Waals surface area contributed by atoms with Gasteiger partial charge in [-0.3, -0.25) is 9.69 Å². The number of hydrogen-bond acceptors (Lipinski definition) is 4. The van der Waals surface area contributed by atoms with Crippen LogP contribution in [0.2, 0.25) is 0 Å². The summed E-state index contributed by atoms with van der Waals surface area (Å²) >= 11 is 0. The van der Waals surface area contributed by atoms with Gasteiger partial charge in [0.1, 0.15) is 0 Å². The summed E-state index contributed by atoms with van der Waals surface area (Å²) in [6.45, 7) is 6.00.